The van der Waals surface area contributed by atoms with E-state index in [4.69, 9.17) is 4.74 Å². The summed E-state index contributed by atoms with van der Waals surface area (Å²) >= 11 is 0. The lowest BCUT2D eigenvalue weighted by Gasteiger charge is -2.40. The van der Waals surface area contributed by atoms with Crippen LogP contribution in [0.1, 0.15) is 30.5 Å². The SMILES string of the molecule is C=C(/C(O)=C\C(C)=C(/C)Cc1ccc2c(c1)CC2)[C@@H]1O[C@H](CO)[C@@H](O)[C@H](O)[C@H]1O. The Balaban J connectivity index is 1.73. The van der Waals surface area contributed by atoms with Crippen LogP contribution in [0.5, 0.6) is 0 Å². The van der Waals surface area contributed by atoms with E-state index in [1.807, 2.05) is 13.8 Å². The summed E-state index contributed by atoms with van der Waals surface area (Å²) < 4.78 is 5.46. The summed E-state index contributed by atoms with van der Waals surface area (Å²) in [4.78, 5) is 0. The largest absolute Gasteiger partial charge is 0.508 e. The van der Waals surface area contributed by atoms with Gasteiger partial charge in [0, 0.05) is 5.57 Å². The van der Waals surface area contributed by atoms with Gasteiger partial charge in [-0.05, 0) is 61.4 Å². The first-order valence-electron chi connectivity index (χ1n) is 9.90. The highest BCUT2D eigenvalue weighted by Crippen LogP contribution is 2.29. The highest BCUT2D eigenvalue weighted by Gasteiger charge is 2.44. The van der Waals surface area contributed by atoms with Gasteiger partial charge in [-0.2, -0.15) is 0 Å². The molecule has 0 amide bonds. The second-order valence-electron chi connectivity index (χ2n) is 8.05. The Morgan fingerprint density at radius 3 is 2.38 bits per heavy atom. The van der Waals surface area contributed by atoms with Gasteiger partial charge >= 0.3 is 0 Å². The molecule has 0 aromatic heterocycles. The maximum Gasteiger partial charge on any atom is 0.121 e. The number of rotatable bonds is 6. The fourth-order valence-corrected chi connectivity index (χ4v) is 3.76. The van der Waals surface area contributed by atoms with E-state index in [9.17, 15) is 25.5 Å². The number of ether oxygens (including phenoxy) is 1. The molecular formula is C23H30O6. The minimum absolute atomic E-state index is 0.0788. The molecule has 1 aliphatic heterocycles. The molecule has 2 aliphatic rings. The summed E-state index contributed by atoms with van der Waals surface area (Å²) in [6.45, 7) is 7.13. The van der Waals surface area contributed by atoms with Crippen LogP contribution in [0.3, 0.4) is 0 Å². The molecule has 3 rings (SSSR count). The maximum absolute atomic E-state index is 10.5. The Kier molecular flexibility index (Phi) is 6.61. The van der Waals surface area contributed by atoms with Crippen LogP contribution in [0, 0.1) is 0 Å². The molecule has 1 heterocycles. The van der Waals surface area contributed by atoms with Crippen LogP contribution in [0.4, 0.5) is 0 Å². The molecule has 0 radical (unpaired) electrons. The summed E-state index contributed by atoms with van der Waals surface area (Å²) in [6, 6.07) is 6.53. The van der Waals surface area contributed by atoms with Gasteiger partial charge in [-0.15, -0.1) is 0 Å². The number of aliphatic hydroxyl groups is 5. The molecule has 0 unspecified atom stereocenters. The summed E-state index contributed by atoms with van der Waals surface area (Å²) in [5.41, 5.74) is 6.06. The van der Waals surface area contributed by atoms with E-state index in [1.54, 1.807) is 6.08 Å². The first kappa shape index (κ1) is 21.7. The van der Waals surface area contributed by atoms with Gasteiger partial charge in [0.05, 0.1) is 6.61 Å². The molecule has 5 atom stereocenters. The first-order valence-corrected chi connectivity index (χ1v) is 9.90. The molecule has 158 valence electrons. The van der Waals surface area contributed by atoms with Crippen LogP contribution in [0.25, 0.3) is 0 Å². The van der Waals surface area contributed by atoms with E-state index in [-0.39, 0.29) is 11.3 Å². The lowest BCUT2D eigenvalue weighted by Crippen LogP contribution is -2.58. The van der Waals surface area contributed by atoms with Crippen LogP contribution in [-0.2, 0) is 24.0 Å². The lowest BCUT2D eigenvalue weighted by atomic mass is 9.86. The Morgan fingerprint density at radius 1 is 1.10 bits per heavy atom. The van der Waals surface area contributed by atoms with Crippen LogP contribution in [0.2, 0.25) is 0 Å². The van der Waals surface area contributed by atoms with E-state index in [0.29, 0.717) is 0 Å². The molecular weight excluding hydrogens is 372 g/mol. The molecule has 1 aromatic carbocycles. The number of hydrogen-bond acceptors (Lipinski definition) is 6. The van der Waals surface area contributed by atoms with Gasteiger partial charge in [-0.3, -0.25) is 0 Å². The third-order valence-electron chi connectivity index (χ3n) is 5.99. The molecule has 1 aromatic rings. The molecule has 0 saturated carbocycles. The van der Waals surface area contributed by atoms with Crippen molar-refractivity contribution < 1.29 is 30.3 Å². The zero-order valence-corrected chi connectivity index (χ0v) is 16.9. The zero-order valence-electron chi connectivity index (χ0n) is 16.9. The zero-order chi connectivity index (χ0) is 21.3. The standard InChI is InChI=1S/C23H30O6/c1-12(8-15-4-5-16-6-7-17(16)10-15)13(2)9-18(25)14(3)23-22(28)21(27)20(26)19(11-24)29-23/h4-5,9-10,19-28H,3,6-8,11H2,1-2H3/b13-12+,18-9+/t19-,20-,21+,22-,23+/m1/s1. The monoisotopic (exact) mass is 402 g/mol. The number of benzene rings is 1. The predicted molar refractivity (Wildman–Crippen MR) is 110 cm³/mol. The minimum atomic E-state index is -1.51. The third-order valence-corrected chi connectivity index (χ3v) is 5.99. The molecule has 6 nitrogen and oxygen atoms in total. The van der Waals surface area contributed by atoms with Gasteiger partial charge in [0.15, 0.2) is 0 Å². The van der Waals surface area contributed by atoms with E-state index in [0.717, 1.165) is 30.4 Å². The Morgan fingerprint density at radius 2 is 1.79 bits per heavy atom. The van der Waals surface area contributed by atoms with Gasteiger partial charge in [0.1, 0.15) is 36.3 Å². The van der Waals surface area contributed by atoms with Crippen molar-refractivity contribution in [1.82, 2.24) is 0 Å². The Bertz CT molecular complexity index is 838. The van der Waals surface area contributed by atoms with Gasteiger partial charge in [0.25, 0.3) is 0 Å². The van der Waals surface area contributed by atoms with Crippen molar-refractivity contribution >= 4 is 0 Å². The highest BCUT2D eigenvalue weighted by molar-refractivity contribution is 5.41. The van der Waals surface area contributed by atoms with Gasteiger partial charge < -0.3 is 30.3 Å². The average Bonchev–Trinajstić information content (AvgIpc) is 2.68. The van der Waals surface area contributed by atoms with Gasteiger partial charge in [-0.25, -0.2) is 0 Å². The molecule has 29 heavy (non-hydrogen) atoms. The smallest absolute Gasteiger partial charge is 0.121 e. The summed E-state index contributed by atoms with van der Waals surface area (Å²) in [6.07, 6.45) is -2.01. The number of aliphatic hydroxyl groups excluding tert-OH is 5. The fourth-order valence-electron chi connectivity index (χ4n) is 3.76. The summed E-state index contributed by atoms with van der Waals surface area (Å²) in [7, 11) is 0. The van der Waals surface area contributed by atoms with Crippen LogP contribution in [0.15, 0.2) is 53.3 Å². The quantitative estimate of drug-likeness (QED) is 0.364. The van der Waals surface area contributed by atoms with Crippen molar-refractivity contribution in [1.29, 1.82) is 0 Å². The van der Waals surface area contributed by atoms with Crippen molar-refractivity contribution in [2.45, 2.75) is 63.6 Å². The average molecular weight is 402 g/mol. The molecule has 1 aliphatic carbocycles. The van der Waals surface area contributed by atoms with Crippen molar-refractivity contribution in [3.63, 3.8) is 0 Å². The van der Waals surface area contributed by atoms with Gasteiger partial charge in [-0.1, -0.05) is 30.4 Å². The normalized spacial score (nSPS) is 30.3. The molecule has 1 saturated heterocycles. The van der Waals surface area contributed by atoms with Crippen LogP contribution >= 0.6 is 0 Å². The summed E-state index contributed by atoms with van der Waals surface area (Å²) in [5, 5.41) is 49.8. The van der Waals surface area contributed by atoms with Crippen LogP contribution in [-0.4, -0.2) is 62.7 Å². The van der Waals surface area contributed by atoms with E-state index in [2.05, 4.69) is 24.8 Å². The molecule has 1 fully saturated rings. The number of hydrogen-bond donors (Lipinski definition) is 5. The predicted octanol–water partition coefficient (Wildman–Crippen LogP) is 1.50. The van der Waals surface area contributed by atoms with Gasteiger partial charge in [0.2, 0.25) is 0 Å². The van der Waals surface area contributed by atoms with E-state index >= 15 is 0 Å². The minimum Gasteiger partial charge on any atom is -0.508 e. The maximum atomic E-state index is 10.5. The molecule has 5 N–H and O–H groups in total. The van der Waals surface area contributed by atoms with Crippen molar-refractivity contribution in [2.24, 2.45) is 0 Å². The number of fused-ring (bicyclic) bond motifs is 1. The van der Waals surface area contributed by atoms with E-state index in [1.165, 1.54) is 16.7 Å². The topological polar surface area (TPSA) is 110 Å². The second kappa shape index (κ2) is 8.81. The van der Waals surface area contributed by atoms with Crippen LogP contribution < -0.4 is 0 Å². The third kappa shape index (κ3) is 4.47. The fraction of sp³-hybridized carbons (Fsp3) is 0.478. The molecule has 6 heteroatoms. The first-order chi connectivity index (χ1) is 13.7. The molecule has 0 bridgehead atoms. The highest BCUT2D eigenvalue weighted by atomic mass is 16.5. The summed E-state index contributed by atoms with van der Waals surface area (Å²) in [5.74, 6) is -0.177. The van der Waals surface area contributed by atoms with E-state index < -0.39 is 37.1 Å². The number of allylic oxidation sites excluding steroid dienone is 3. The lowest BCUT2D eigenvalue weighted by molar-refractivity contribution is -0.219. The van der Waals surface area contributed by atoms with Crippen molar-refractivity contribution in [3.8, 4) is 0 Å². The molecule has 0 spiro atoms. The van der Waals surface area contributed by atoms with Crippen molar-refractivity contribution in [2.75, 3.05) is 6.61 Å². The Labute approximate surface area is 171 Å². The van der Waals surface area contributed by atoms with Crippen molar-refractivity contribution in [3.05, 3.63) is 70.0 Å². The number of aryl methyl sites for hydroxylation is 2. The Hall–Kier alpha value is -1.96. The second-order valence-corrected chi connectivity index (χ2v) is 8.05.